The third-order valence-corrected chi connectivity index (χ3v) is 5.66. The lowest BCUT2D eigenvalue weighted by atomic mass is 10.1. The van der Waals surface area contributed by atoms with Crippen LogP contribution in [0.2, 0.25) is 13.7 Å². The first-order valence-electron chi connectivity index (χ1n) is 7.85. The standard InChI is InChI=1S/C18H17Cl3N2OS/c19-15-4-1-13(2-5-15)3-6-16(10-23-8-7-22-12-23)24-11-14-9-17(20)25-18(14)21/h1-2,4-5,7-9,12,16H,3,6,10-11H2. The van der Waals surface area contributed by atoms with Crippen molar-refractivity contribution in [3.8, 4) is 0 Å². The van der Waals surface area contributed by atoms with E-state index in [0.717, 1.165) is 30.0 Å². The van der Waals surface area contributed by atoms with Crippen LogP contribution in [0.4, 0.5) is 0 Å². The number of halogens is 3. The van der Waals surface area contributed by atoms with Crippen LogP contribution in [0.15, 0.2) is 49.1 Å². The van der Waals surface area contributed by atoms with Crippen LogP contribution < -0.4 is 0 Å². The highest BCUT2D eigenvalue weighted by atomic mass is 35.5. The van der Waals surface area contributed by atoms with Crippen molar-refractivity contribution in [2.24, 2.45) is 0 Å². The smallest absolute Gasteiger partial charge is 0.0999 e. The third kappa shape index (κ3) is 5.73. The highest BCUT2D eigenvalue weighted by Crippen LogP contribution is 2.32. The summed E-state index contributed by atoms with van der Waals surface area (Å²) in [6, 6.07) is 9.78. The quantitative estimate of drug-likeness (QED) is 0.443. The van der Waals surface area contributed by atoms with Crippen molar-refractivity contribution in [1.82, 2.24) is 9.55 Å². The largest absolute Gasteiger partial charge is 0.372 e. The minimum atomic E-state index is 0.0413. The second kappa shape index (κ2) is 9.06. The molecule has 0 fully saturated rings. The number of aryl methyl sites for hydroxylation is 1. The van der Waals surface area contributed by atoms with Crippen molar-refractivity contribution < 1.29 is 4.74 Å². The van der Waals surface area contributed by atoms with Crippen molar-refractivity contribution in [1.29, 1.82) is 0 Å². The molecule has 0 saturated carbocycles. The van der Waals surface area contributed by atoms with Crippen LogP contribution in [0.5, 0.6) is 0 Å². The SMILES string of the molecule is Clc1ccc(CCC(Cn2ccnc2)OCc2cc(Cl)sc2Cl)cc1. The fourth-order valence-electron chi connectivity index (χ4n) is 2.52. The van der Waals surface area contributed by atoms with E-state index in [4.69, 9.17) is 39.5 Å². The number of nitrogens with zero attached hydrogens (tertiary/aromatic N) is 2. The summed E-state index contributed by atoms with van der Waals surface area (Å²) in [6.07, 6.45) is 7.34. The number of thiophene rings is 1. The van der Waals surface area contributed by atoms with Crippen LogP contribution in [-0.4, -0.2) is 15.7 Å². The van der Waals surface area contributed by atoms with Gasteiger partial charge in [0.1, 0.15) is 0 Å². The Bertz CT molecular complexity index is 787. The maximum absolute atomic E-state index is 6.19. The second-order valence-corrected chi connectivity index (χ2v) is 8.43. The van der Waals surface area contributed by atoms with Crippen molar-refractivity contribution >= 4 is 46.1 Å². The fraction of sp³-hybridized carbons (Fsp3) is 0.278. The van der Waals surface area contributed by atoms with E-state index in [2.05, 4.69) is 4.98 Å². The Morgan fingerprint density at radius 1 is 1.16 bits per heavy atom. The summed E-state index contributed by atoms with van der Waals surface area (Å²) < 4.78 is 9.51. The maximum Gasteiger partial charge on any atom is 0.0999 e. The van der Waals surface area contributed by atoms with Gasteiger partial charge in [0.05, 0.1) is 27.7 Å². The summed E-state index contributed by atoms with van der Waals surface area (Å²) in [7, 11) is 0. The second-order valence-electron chi connectivity index (χ2n) is 5.71. The Balaban J connectivity index is 1.62. The van der Waals surface area contributed by atoms with E-state index < -0.39 is 0 Å². The Morgan fingerprint density at radius 2 is 1.96 bits per heavy atom. The van der Waals surface area contributed by atoms with E-state index in [1.807, 2.05) is 41.1 Å². The molecule has 0 amide bonds. The molecule has 1 atom stereocenters. The van der Waals surface area contributed by atoms with Gasteiger partial charge in [0.2, 0.25) is 0 Å². The molecule has 3 nitrogen and oxygen atoms in total. The van der Waals surface area contributed by atoms with E-state index >= 15 is 0 Å². The molecule has 0 aliphatic heterocycles. The Labute approximate surface area is 166 Å². The van der Waals surface area contributed by atoms with Crippen LogP contribution >= 0.6 is 46.1 Å². The van der Waals surface area contributed by atoms with Crippen molar-refractivity contribution in [2.45, 2.75) is 32.1 Å². The molecular formula is C18H17Cl3N2OS. The number of hydrogen-bond acceptors (Lipinski definition) is 3. The van der Waals surface area contributed by atoms with Crippen LogP contribution in [0.1, 0.15) is 17.5 Å². The lowest BCUT2D eigenvalue weighted by molar-refractivity contribution is 0.0241. The van der Waals surface area contributed by atoms with E-state index in [9.17, 15) is 0 Å². The molecule has 2 aromatic heterocycles. The number of aromatic nitrogens is 2. The molecule has 0 aliphatic carbocycles. The van der Waals surface area contributed by atoms with Gasteiger partial charge in [0.15, 0.2) is 0 Å². The van der Waals surface area contributed by atoms with Gasteiger partial charge in [-0.2, -0.15) is 0 Å². The van der Waals surface area contributed by atoms with E-state index in [1.54, 1.807) is 12.5 Å². The molecule has 1 unspecified atom stereocenters. The number of ether oxygens (including phenoxy) is 1. The van der Waals surface area contributed by atoms with Crippen molar-refractivity contribution in [3.63, 3.8) is 0 Å². The van der Waals surface area contributed by atoms with Gasteiger partial charge in [0.25, 0.3) is 0 Å². The fourth-order valence-corrected chi connectivity index (χ4v) is 4.10. The summed E-state index contributed by atoms with van der Waals surface area (Å²) in [5.74, 6) is 0. The lowest BCUT2D eigenvalue weighted by Crippen LogP contribution is -2.20. The Kier molecular flexibility index (Phi) is 6.79. The molecule has 3 aromatic rings. The van der Waals surface area contributed by atoms with Crippen molar-refractivity contribution in [2.75, 3.05) is 0 Å². The van der Waals surface area contributed by atoms with Crippen LogP contribution in [0.25, 0.3) is 0 Å². The zero-order valence-corrected chi connectivity index (χ0v) is 16.5. The highest BCUT2D eigenvalue weighted by Gasteiger charge is 2.13. The molecule has 0 aliphatic rings. The monoisotopic (exact) mass is 414 g/mol. The number of imidazole rings is 1. The topological polar surface area (TPSA) is 27.1 Å². The molecule has 0 N–H and O–H groups in total. The number of hydrogen-bond donors (Lipinski definition) is 0. The van der Waals surface area contributed by atoms with Crippen LogP contribution in [-0.2, 0) is 24.3 Å². The Morgan fingerprint density at radius 3 is 2.60 bits per heavy atom. The minimum Gasteiger partial charge on any atom is -0.372 e. The maximum atomic E-state index is 6.19. The first-order valence-corrected chi connectivity index (χ1v) is 9.80. The molecule has 0 saturated heterocycles. The molecule has 132 valence electrons. The Hall–Kier alpha value is -1.04. The number of rotatable bonds is 8. The summed E-state index contributed by atoms with van der Waals surface area (Å²) in [5.41, 5.74) is 2.17. The van der Waals surface area contributed by atoms with Crippen molar-refractivity contribution in [3.05, 3.63) is 73.9 Å². The summed E-state index contributed by atoms with van der Waals surface area (Å²) in [6.45, 7) is 1.19. The van der Waals surface area contributed by atoms with E-state index in [1.165, 1.54) is 16.9 Å². The molecule has 25 heavy (non-hydrogen) atoms. The van der Waals surface area contributed by atoms with Gasteiger partial charge in [-0.05, 0) is 36.6 Å². The van der Waals surface area contributed by atoms with Gasteiger partial charge in [0, 0.05) is 29.5 Å². The van der Waals surface area contributed by atoms with Gasteiger partial charge in [-0.3, -0.25) is 0 Å². The summed E-state index contributed by atoms with van der Waals surface area (Å²) in [5, 5.41) is 0.749. The molecular weight excluding hydrogens is 399 g/mol. The normalized spacial score (nSPS) is 12.4. The third-order valence-electron chi connectivity index (χ3n) is 3.84. The van der Waals surface area contributed by atoms with E-state index in [0.29, 0.717) is 15.3 Å². The molecule has 0 spiro atoms. The minimum absolute atomic E-state index is 0.0413. The van der Waals surface area contributed by atoms with Crippen LogP contribution in [0, 0.1) is 0 Å². The zero-order valence-electron chi connectivity index (χ0n) is 13.4. The summed E-state index contributed by atoms with van der Waals surface area (Å²) in [4.78, 5) is 4.09. The van der Waals surface area contributed by atoms with Gasteiger partial charge in [-0.1, -0.05) is 46.9 Å². The molecule has 2 heterocycles. The van der Waals surface area contributed by atoms with Gasteiger partial charge < -0.3 is 9.30 Å². The molecule has 3 rings (SSSR count). The lowest BCUT2D eigenvalue weighted by Gasteiger charge is -2.18. The molecule has 0 radical (unpaired) electrons. The first-order chi connectivity index (χ1) is 12.1. The van der Waals surface area contributed by atoms with Gasteiger partial charge in [-0.15, -0.1) is 11.3 Å². The number of benzene rings is 1. The highest BCUT2D eigenvalue weighted by molar-refractivity contribution is 7.20. The van der Waals surface area contributed by atoms with Gasteiger partial charge in [-0.25, -0.2) is 4.98 Å². The average Bonchev–Trinajstić information content (AvgIpc) is 3.21. The predicted octanol–water partition coefficient (Wildman–Crippen LogP) is 6.12. The first kappa shape index (κ1) is 18.7. The van der Waals surface area contributed by atoms with Gasteiger partial charge >= 0.3 is 0 Å². The predicted molar refractivity (Wildman–Crippen MR) is 105 cm³/mol. The zero-order chi connectivity index (χ0) is 17.6. The van der Waals surface area contributed by atoms with E-state index in [-0.39, 0.29) is 6.10 Å². The summed E-state index contributed by atoms with van der Waals surface area (Å²) >= 11 is 19.5. The molecule has 0 bridgehead atoms. The average molecular weight is 416 g/mol. The molecule has 1 aromatic carbocycles. The van der Waals surface area contributed by atoms with Crippen LogP contribution in [0.3, 0.4) is 0 Å². The molecule has 7 heteroatoms.